The Morgan fingerprint density at radius 3 is 3.05 bits per heavy atom. The summed E-state index contributed by atoms with van der Waals surface area (Å²) in [6.45, 7) is 2.44. The molecule has 6 nitrogen and oxygen atoms in total. The number of hydrogen-bond acceptors (Lipinski definition) is 4. The van der Waals surface area contributed by atoms with Gasteiger partial charge in [-0.25, -0.2) is 10.1 Å². The molecule has 0 saturated carbocycles. The van der Waals surface area contributed by atoms with Crippen LogP contribution < -0.4 is 10.9 Å². The average molecular weight is 290 g/mol. The fraction of sp³-hybridized carbons (Fsp3) is 0.154. The van der Waals surface area contributed by atoms with Crippen LogP contribution in [0.5, 0.6) is 0 Å². The highest BCUT2D eigenvalue weighted by Gasteiger charge is 2.07. The molecule has 0 unspecified atom stereocenters. The molecule has 3 N–H and O–H groups in total. The number of benzene rings is 1. The summed E-state index contributed by atoms with van der Waals surface area (Å²) in [5, 5.41) is 9.10. The van der Waals surface area contributed by atoms with Crippen molar-refractivity contribution in [1.82, 2.24) is 20.2 Å². The van der Waals surface area contributed by atoms with Crippen LogP contribution in [-0.2, 0) is 6.54 Å². The van der Waals surface area contributed by atoms with Crippen molar-refractivity contribution in [2.24, 2.45) is 0 Å². The van der Waals surface area contributed by atoms with Crippen molar-refractivity contribution in [3.8, 4) is 0 Å². The van der Waals surface area contributed by atoms with Crippen molar-refractivity contribution in [2.75, 3.05) is 5.32 Å². The summed E-state index contributed by atoms with van der Waals surface area (Å²) >= 11 is 5.89. The molecule has 102 valence electrons. The molecule has 0 aliphatic rings. The molecule has 2 heterocycles. The van der Waals surface area contributed by atoms with Gasteiger partial charge in [0.05, 0.1) is 29.5 Å². The number of rotatable bonds is 3. The van der Waals surface area contributed by atoms with Crippen molar-refractivity contribution in [3.63, 3.8) is 0 Å². The quantitative estimate of drug-likeness (QED) is 0.690. The molecule has 3 rings (SSSR count). The van der Waals surface area contributed by atoms with E-state index in [1.165, 1.54) is 6.20 Å². The van der Waals surface area contributed by atoms with Crippen LogP contribution >= 0.6 is 11.6 Å². The smallest absolute Gasteiger partial charge is 0.285 e. The SMILES string of the molecule is Cc1cccc2[nH]c(CNc3cn[nH]c(=O)c3Cl)nc12. The number of aromatic nitrogens is 4. The molecule has 0 atom stereocenters. The Bertz CT molecular complexity index is 823. The lowest BCUT2D eigenvalue weighted by Crippen LogP contribution is -2.12. The summed E-state index contributed by atoms with van der Waals surface area (Å²) in [6.07, 6.45) is 1.47. The van der Waals surface area contributed by atoms with E-state index >= 15 is 0 Å². The monoisotopic (exact) mass is 289 g/mol. The topological polar surface area (TPSA) is 86.5 Å². The van der Waals surface area contributed by atoms with E-state index in [2.05, 4.69) is 25.5 Å². The van der Waals surface area contributed by atoms with Crippen LogP contribution in [0.4, 0.5) is 5.69 Å². The largest absolute Gasteiger partial charge is 0.375 e. The van der Waals surface area contributed by atoms with E-state index in [4.69, 9.17) is 11.6 Å². The molecular weight excluding hydrogens is 278 g/mol. The minimum Gasteiger partial charge on any atom is -0.375 e. The molecule has 0 amide bonds. The molecule has 0 aliphatic heterocycles. The summed E-state index contributed by atoms with van der Waals surface area (Å²) in [5.41, 5.74) is 3.10. The number of hydrogen-bond donors (Lipinski definition) is 3. The molecule has 0 fully saturated rings. The third kappa shape index (κ3) is 2.25. The van der Waals surface area contributed by atoms with Gasteiger partial charge in [0.25, 0.3) is 5.56 Å². The van der Waals surface area contributed by atoms with E-state index in [1.807, 2.05) is 25.1 Å². The minimum absolute atomic E-state index is 0.0901. The van der Waals surface area contributed by atoms with Crippen LogP contribution in [0.2, 0.25) is 5.02 Å². The molecule has 20 heavy (non-hydrogen) atoms. The Balaban J connectivity index is 1.85. The number of para-hydroxylation sites is 1. The maximum absolute atomic E-state index is 11.3. The zero-order valence-corrected chi connectivity index (χ0v) is 11.5. The van der Waals surface area contributed by atoms with Gasteiger partial charge < -0.3 is 10.3 Å². The molecule has 1 aromatic carbocycles. The summed E-state index contributed by atoms with van der Waals surface area (Å²) in [4.78, 5) is 19.1. The number of halogens is 1. The van der Waals surface area contributed by atoms with E-state index in [-0.39, 0.29) is 5.02 Å². The van der Waals surface area contributed by atoms with Gasteiger partial charge in [-0.05, 0) is 18.6 Å². The van der Waals surface area contributed by atoms with Gasteiger partial charge >= 0.3 is 0 Å². The molecule has 0 saturated heterocycles. The van der Waals surface area contributed by atoms with Gasteiger partial charge in [-0.1, -0.05) is 23.7 Å². The predicted molar refractivity (Wildman–Crippen MR) is 78.0 cm³/mol. The van der Waals surface area contributed by atoms with Crippen molar-refractivity contribution in [3.05, 3.63) is 51.2 Å². The number of aromatic amines is 2. The molecule has 0 aliphatic carbocycles. The molecule has 3 aromatic rings. The molecular formula is C13H12ClN5O. The first-order valence-corrected chi connectivity index (χ1v) is 6.44. The van der Waals surface area contributed by atoms with Crippen LogP contribution in [0.25, 0.3) is 11.0 Å². The Morgan fingerprint density at radius 1 is 1.40 bits per heavy atom. The van der Waals surface area contributed by atoms with Gasteiger partial charge in [-0.3, -0.25) is 4.79 Å². The van der Waals surface area contributed by atoms with Gasteiger partial charge in [0, 0.05) is 0 Å². The van der Waals surface area contributed by atoms with Gasteiger partial charge in [-0.15, -0.1) is 0 Å². The van der Waals surface area contributed by atoms with Crippen molar-refractivity contribution < 1.29 is 0 Å². The van der Waals surface area contributed by atoms with E-state index in [9.17, 15) is 4.79 Å². The average Bonchev–Trinajstić information content (AvgIpc) is 2.85. The summed E-state index contributed by atoms with van der Waals surface area (Å²) in [5.74, 6) is 0.769. The number of imidazole rings is 1. The molecule has 2 aromatic heterocycles. The predicted octanol–water partition coefficient (Wildman–Crippen LogP) is 2.22. The number of nitrogens with one attached hydrogen (secondary N) is 3. The summed E-state index contributed by atoms with van der Waals surface area (Å²) in [7, 11) is 0. The van der Waals surface area contributed by atoms with E-state index < -0.39 is 5.56 Å². The number of H-pyrrole nitrogens is 2. The second-order valence-corrected chi connectivity index (χ2v) is 4.81. The summed E-state index contributed by atoms with van der Waals surface area (Å²) < 4.78 is 0. The number of nitrogens with zero attached hydrogens (tertiary/aromatic N) is 2. The van der Waals surface area contributed by atoms with E-state index in [0.717, 1.165) is 22.4 Å². The van der Waals surface area contributed by atoms with Gasteiger partial charge in [0.1, 0.15) is 10.8 Å². The standard InChI is InChI=1S/C13H12ClN5O/c1-7-3-2-4-8-12(7)18-10(17-8)6-15-9-5-16-19-13(20)11(9)14/h2-5H,6H2,1H3,(H,17,18)(H2,15,19,20). The zero-order valence-electron chi connectivity index (χ0n) is 10.7. The van der Waals surface area contributed by atoms with Crippen molar-refractivity contribution in [1.29, 1.82) is 0 Å². The fourth-order valence-corrected chi connectivity index (χ4v) is 2.15. The number of anilines is 1. The maximum Gasteiger partial charge on any atom is 0.285 e. The second kappa shape index (κ2) is 4.97. The molecule has 0 radical (unpaired) electrons. The maximum atomic E-state index is 11.3. The minimum atomic E-state index is -0.419. The first kappa shape index (κ1) is 12.7. The van der Waals surface area contributed by atoms with Crippen LogP contribution in [0.15, 0.2) is 29.2 Å². The lowest BCUT2D eigenvalue weighted by atomic mass is 10.2. The van der Waals surface area contributed by atoms with Gasteiger partial charge in [0.15, 0.2) is 0 Å². The number of aryl methyl sites for hydroxylation is 1. The van der Waals surface area contributed by atoms with Crippen molar-refractivity contribution >= 4 is 28.3 Å². The lowest BCUT2D eigenvalue weighted by Gasteiger charge is -2.04. The third-order valence-corrected chi connectivity index (χ3v) is 3.38. The Morgan fingerprint density at radius 2 is 2.25 bits per heavy atom. The first-order chi connectivity index (χ1) is 9.65. The van der Waals surface area contributed by atoms with Crippen LogP contribution in [0.1, 0.15) is 11.4 Å². The second-order valence-electron chi connectivity index (χ2n) is 4.43. The zero-order chi connectivity index (χ0) is 14.1. The van der Waals surface area contributed by atoms with E-state index in [0.29, 0.717) is 12.2 Å². The molecule has 7 heteroatoms. The lowest BCUT2D eigenvalue weighted by molar-refractivity contribution is 0.965. The Kier molecular flexibility index (Phi) is 3.15. The first-order valence-electron chi connectivity index (χ1n) is 6.06. The Labute approximate surface area is 119 Å². The van der Waals surface area contributed by atoms with E-state index in [1.54, 1.807) is 0 Å². The van der Waals surface area contributed by atoms with Crippen molar-refractivity contribution in [2.45, 2.75) is 13.5 Å². The highest BCUT2D eigenvalue weighted by atomic mass is 35.5. The van der Waals surface area contributed by atoms with Crippen LogP contribution in [0.3, 0.4) is 0 Å². The highest BCUT2D eigenvalue weighted by Crippen LogP contribution is 2.18. The van der Waals surface area contributed by atoms with Crippen LogP contribution in [-0.4, -0.2) is 20.2 Å². The molecule has 0 spiro atoms. The normalized spacial score (nSPS) is 10.9. The van der Waals surface area contributed by atoms with Gasteiger partial charge in [-0.2, -0.15) is 5.10 Å². The van der Waals surface area contributed by atoms with Gasteiger partial charge in [0.2, 0.25) is 0 Å². The summed E-state index contributed by atoms with van der Waals surface area (Å²) in [6, 6.07) is 5.96. The number of fused-ring (bicyclic) bond motifs is 1. The highest BCUT2D eigenvalue weighted by molar-refractivity contribution is 6.32. The third-order valence-electron chi connectivity index (χ3n) is 3.01. The Hall–Kier alpha value is -2.34. The fourth-order valence-electron chi connectivity index (χ4n) is 2.00. The van der Waals surface area contributed by atoms with Crippen LogP contribution in [0, 0.1) is 6.92 Å². The molecule has 0 bridgehead atoms.